The number of hydrogen-bond acceptors (Lipinski definition) is 5. The highest BCUT2D eigenvalue weighted by Crippen LogP contribution is 2.19. The third-order valence-corrected chi connectivity index (χ3v) is 3.13. The van der Waals surface area contributed by atoms with Crippen molar-refractivity contribution >= 4 is 23.4 Å². The van der Waals surface area contributed by atoms with E-state index in [0.29, 0.717) is 22.4 Å². The molecule has 0 amide bonds. The number of tetrazole rings is 1. The maximum Gasteiger partial charge on any atom is 0.214 e. The maximum atomic E-state index is 8.48. The Labute approximate surface area is 107 Å². The van der Waals surface area contributed by atoms with Gasteiger partial charge in [-0.2, -0.15) is 9.94 Å². The number of rotatable bonds is 4. The van der Waals surface area contributed by atoms with E-state index in [1.54, 1.807) is 16.8 Å². The van der Waals surface area contributed by atoms with Crippen molar-refractivity contribution in [2.45, 2.75) is 11.6 Å². The van der Waals surface area contributed by atoms with Crippen LogP contribution in [0.5, 0.6) is 0 Å². The van der Waals surface area contributed by atoms with Crippen molar-refractivity contribution in [3.05, 3.63) is 29.3 Å². The van der Waals surface area contributed by atoms with Crippen molar-refractivity contribution in [3.8, 4) is 11.8 Å². The molecular formula is C10H8ClN5S. The third-order valence-electron chi connectivity index (χ3n) is 1.96. The lowest BCUT2D eigenvalue weighted by Crippen LogP contribution is -1.98. The summed E-state index contributed by atoms with van der Waals surface area (Å²) in [6, 6.07) is 9.32. The van der Waals surface area contributed by atoms with Gasteiger partial charge in [-0.3, -0.25) is 0 Å². The lowest BCUT2D eigenvalue weighted by molar-refractivity contribution is 0.756. The van der Waals surface area contributed by atoms with Crippen molar-refractivity contribution in [2.24, 2.45) is 0 Å². The SMILES string of the molecule is N#CCCSc1nnnn1-c1ccc(Cl)cc1. The molecule has 0 radical (unpaired) electrons. The summed E-state index contributed by atoms with van der Waals surface area (Å²) in [5.41, 5.74) is 0.846. The Morgan fingerprint density at radius 1 is 1.35 bits per heavy atom. The maximum absolute atomic E-state index is 8.48. The van der Waals surface area contributed by atoms with Gasteiger partial charge in [0.1, 0.15) is 0 Å². The van der Waals surface area contributed by atoms with Crippen molar-refractivity contribution < 1.29 is 0 Å². The van der Waals surface area contributed by atoms with Crippen molar-refractivity contribution in [1.29, 1.82) is 5.26 Å². The van der Waals surface area contributed by atoms with Gasteiger partial charge in [0.15, 0.2) is 0 Å². The molecule has 0 bridgehead atoms. The topological polar surface area (TPSA) is 67.4 Å². The lowest BCUT2D eigenvalue weighted by atomic mass is 10.3. The van der Waals surface area contributed by atoms with Gasteiger partial charge < -0.3 is 0 Å². The Bertz CT molecular complexity index is 530. The fourth-order valence-electron chi connectivity index (χ4n) is 1.20. The van der Waals surface area contributed by atoms with E-state index in [-0.39, 0.29) is 0 Å². The highest BCUT2D eigenvalue weighted by molar-refractivity contribution is 7.99. The highest BCUT2D eigenvalue weighted by Gasteiger charge is 2.08. The number of thioether (sulfide) groups is 1. The molecule has 5 nitrogen and oxygen atoms in total. The van der Waals surface area contributed by atoms with Crippen LogP contribution in [0.25, 0.3) is 5.69 Å². The first-order valence-corrected chi connectivity index (χ1v) is 6.21. The monoisotopic (exact) mass is 265 g/mol. The van der Waals surface area contributed by atoms with Crippen LogP contribution in [0.2, 0.25) is 5.02 Å². The van der Waals surface area contributed by atoms with E-state index in [1.165, 1.54) is 11.8 Å². The minimum Gasteiger partial charge on any atom is -0.198 e. The molecule has 2 rings (SSSR count). The first kappa shape index (κ1) is 11.9. The Kier molecular flexibility index (Phi) is 3.96. The average molecular weight is 266 g/mol. The Hall–Kier alpha value is -1.58. The summed E-state index contributed by atoms with van der Waals surface area (Å²) in [5, 5.41) is 21.3. The minimum atomic E-state index is 0.470. The molecule has 0 aliphatic rings. The van der Waals surface area contributed by atoms with E-state index < -0.39 is 0 Å². The second kappa shape index (κ2) is 5.66. The number of aromatic nitrogens is 4. The van der Waals surface area contributed by atoms with Gasteiger partial charge in [-0.15, -0.1) is 5.10 Å². The van der Waals surface area contributed by atoms with E-state index in [0.717, 1.165) is 5.69 Å². The standard InChI is InChI=1S/C10H8ClN5S/c11-8-2-4-9(5-3-8)16-10(13-14-15-16)17-7-1-6-12/h2-5H,1,7H2. The predicted molar refractivity (Wildman–Crippen MR) is 65.1 cm³/mol. The highest BCUT2D eigenvalue weighted by atomic mass is 35.5. The summed E-state index contributed by atoms with van der Waals surface area (Å²) in [5.74, 6) is 0.671. The average Bonchev–Trinajstić information content (AvgIpc) is 2.79. The van der Waals surface area contributed by atoms with E-state index in [4.69, 9.17) is 16.9 Å². The number of nitrogens with zero attached hydrogens (tertiary/aromatic N) is 5. The van der Waals surface area contributed by atoms with Gasteiger partial charge in [-0.05, 0) is 34.7 Å². The third kappa shape index (κ3) is 2.96. The Morgan fingerprint density at radius 3 is 2.82 bits per heavy atom. The van der Waals surface area contributed by atoms with Gasteiger partial charge >= 0.3 is 0 Å². The zero-order valence-electron chi connectivity index (χ0n) is 8.75. The normalized spacial score (nSPS) is 10.1. The molecule has 0 N–H and O–H groups in total. The molecule has 2 aromatic rings. The molecule has 0 unspecified atom stereocenters. The zero-order chi connectivity index (χ0) is 12.1. The van der Waals surface area contributed by atoms with Crippen LogP contribution in [0.3, 0.4) is 0 Å². The largest absolute Gasteiger partial charge is 0.214 e. The molecule has 1 aromatic carbocycles. The molecule has 0 saturated heterocycles. The molecule has 1 heterocycles. The van der Waals surface area contributed by atoms with Gasteiger partial charge in [-0.25, -0.2) is 0 Å². The fraction of sp³-hybridized carbons (Fsp3) is 0.200. The van der Waals surface area contributed by atoms with Crippen LogP contribution in [-0.2, 0) is 0 Å². The van der Waals surface area contributed by atoms with Gasteiger partial charge in [0, 0.05) is 17.2 Å². The quantitative estimate of drug-likeness (QED) is 0.627. The van der Waals surface area contributed by atoms with Crippen LogP contribution in [0, 0.1) is 11.3 Å². The summed E-state index contributed by atoms with van der Waals surface area (Å²) in [4.78, 5) is 0. The minimum absolute atomic E-state index is 0.470. The number of hydrogen-bond donors (Lipinski definition) is 0. The van der Waals surface area contributed by atoms with Gasteiger partial charge in [0.05, 0.1) is 11.8 Å². The lowest BCUT2D eigenvalue weighted by Gasteiger charge is -2.02. The molecule has 0 saturated carbocycles. The molecule has 0 fully saturated rings. The number of halogens is 1. The van der Waals surface area contributed by atoms with E-state index in [1.807, 2.05) is 12.1 Å². The Morgan fingerprint density at radius 2 is 2.12 bits per heavy atom. The summed E-state index contributed by atoms with van der Waals surface area (Å²) in [6.45, 7) is 0. The number of nitriles is 1. The number of benzene rings is 1. The summed E-state index contributed by atoms with van der Waals surface area (Å²) < 4.78 is 1.62. The fourth-order valence-corrected chi connectivity index (χ4v) is 2.06. The van der Waals surface area contributed by atoms with Crippen LogP contribution in [0.15, 0.2) is 29.4 Å². The first-order valence-electron chi connectivity index (χ1n) is 4.85. The molecule has 1 aromatic heterocycles. The molecule has 0 aliphatic carbocycles. The van der Waals surface area contributed by atoms with Crippen LogP contribution >= 0.6 is 23.4 Å². The molecule has 7 heteroatoms. The zero-order valence-corrected chi connectivity index (χ0v) is 10.3. The van der Waals surface area contributed by atoms with E-state index in [9.17, 15) is 0 Å². The van der Waals surface area contributed by atoms with E-state index in [2.05, 4.69) is 21.6 Å². The molecular weight excluding hydrogens is 258 g/mol. The van der Waals surface area contributed by atoms with Crippen LogP contribution in [0.1, 0.15) is 6.42 Å². The second-order valence-corrected chi connectivity index (χ2v) is 4.60. The molecule has 86 valence electrons. The van der Waals surface area contributed by atoms with Crippen LogP contribution in [-0.4, -0.2) is 26.0 Å². The second-order valence-electron chi connectivity index (χ2n) is 3.11. The van der Waals surface area contributed by atoms with Gasteiger partial charge in [0.25, 0.3) is 0 Å². The van der Waals surface area contributed by atoms with Gasteiger partial charge in [-0.1, -0.05) is 23.4 Å². The van der Waals surface area contributed by atoms with Crippen molar-refractivity contribution in [2.75, 3.05) is 5.75 Å². The van der Waals surface area contributed by atoms with Crippen molar-refractivity contribution in [1.82, 2.24) is 20.2 Å². The smallest absolute Gasteiger partial charge is 0.198 e. The summed E-state index contributed by atoms with van der Waals surface area (Å²) in [7, 11) is 0. The van der Waals surface area contributed by atoms with Crippen molar-refractivity contribution in [3.63, 3.8) is 0 Å². The molecule has 0 spiro atoms. The van der Waals surface area contributed by atoms with E-state index >= 15 is 0 Å². The van der Waals surface area contributed by atoms with Crippen LogP contribution < -0.4 is 0 Å². The molecule has 0 aliphatic heterocycles. The molecule has 17 heavy (non-hydrogen) atoms. The first-order chi connectivity index (χ1) is 8.31. The summed E-state index contributed by atoms with van der Waals surface area (Å²) >= 11 is 7.26. The summed E-state index contributed by atoms with van der Waals surface area (Å²) in [6.07, 6.45) is 0.470. The van der Waals surface area contributed by atoms with Gasteiger partial charge in [0.2, 0.25) is 5.16 Å². The van der Waals surface area contributed by atoms with Crippen LogP contribution in [0.4, 0.5) is 0 Å². The predicted octanol–water partition coefficient (Wildman–Crippen LogP) is 2.32. The molecule has 0 atom stereocenters. The Balaban J connectivity index is 2.19.